The van der Waals surface area contributed by atoms with Gasteiger partial charge < -0.3 is 4.74 Å². The fraction of sp³-hybridized carbons (Fsp3) is 0.524. The Morgan fingerprint density at radius 1 is 1.08 bits per heavy atom. The first-order valence-corrected chi connectivity index (χ1v) is 12.1. The summed E-state index contributed by atoms with van der Waals surface area (Å²) in [6.45, 7) is 15.7. The van der Waals surface area contributed by atoms with Crippen LogP contribution in [-0.2, 0) is 11.3 Å². The lowest BCUT2D eigenvalue weighted by Gasteiger charge is -2.17. The summed E-state index contributed by atoms with van der Waals surface area (Å²) in [6, 6.07) is 10.1. The molecule has 0 spiro atoms. The van der Waals surface area contributed by atoms with Gasteiger partial charge >= 0.3 is 0 Å². The number of hydrogen-bond acceptors (Lipinski definition) is 1. The van der Waals surface area contributed by atoms with Gasteiger partial charge in [0.2, 0.25) is 0 Å². The van der Waals surface area contributed by atoms with Crippen LogP contribution in [0.5, 0.6) is 0 Å². The van der Waals surface area contributed by atoms with Crippen LogP contribution < -0.4 is 0 Å². The molecule has 1 nitrogen and oxygen atoms in total. The van der Waals surface area contributed by atoms with Gasteiger partial charge in [-0.1, -0.05) is 61.8 Å². The molecule has 0 saturated heterocycles. The topological polar surface area (TPSA) is 9.23 Å². The van der Waals surface area contributed by atoms with Crippen LogP contribution in [0.4, 0.5) is 0 Å². The average Bonchev–Trinajstić information content (AvgIpc) is 2.46. The molecule has 3 heteroatoms. The van der Waals surface area contributed by atoms with Crippen molar-refractivity contribution in [3.63, 3.8) is 0 Å². The molecular formula is C21H31ClOSi. The third-order valence-corrected chi connectivity index (χ3v) is 3.67. The van der Waals surface area contributed by atoms with Crippen molar-refractivity contribution >= 4 is 19.7 Å². The number of alkyl halides is 1. The maximum Gasteiger partial charge on any atom is 0.129 e. The van der Waals surface area contributed by atoms with E-state index in [0.29, 0.717) is 13.2 Å². The van der Waals surface area contributed by atoms with Crippen molar-refractivity contribution in [2.45, 2.75) is 58.8 Å². The summed E-state index contributed by atoms with van der Waals surface area (Å²) in [6.07, 6.45) is 5.36. The lowest BCUT2D eigenvalue weighted by molar-refractivity contribution is 0.0754. The first-order chi connectivity index (χ1) is 10.8. The largest absolute Gasteiger partial charge is 0.375 e. The van der Waals surface area contributed by atoms with Crippen molar-refractivity contribution in [3.8, 4) is 23.8 Å². The van der Waals surface area contributed by atoms with Crippen molar-refractivity contribution in [1.29, 1.82) is 0 Å². The highest BCUT2D eigenvalue weighted by atomic mass is 35.5. The van der Waals surface area contributed by atoms with E-state index >= 15 is 0 Å². The van der Waals surface area contributed by atoms with Gasteiger partial charge in [0.1, 0.15) is 8.07 Å². The zero-order valence-corrected chi connectivity index (χ0v) is 17.9. The zero-order valence-electron chi connectivity index (χ0n) is 16.2. The van der Waals surface area contributed by atoms with Crippen LogP contribution in [0.3, 0.4) is 0 Å². The third-order valence-electron chi connectivity index (χ3n) is 2.70. The second-order valence-corrected chi connectivity index (χ2v) is 13.7. The fourth-order valence-corrected chi connectivity index (χ4v) is 2.19. The molecule has 0 aromatic heterocycles. The predicted octanol–water partition coefficient (Wildman–Crippen LogP) is 5.75. The second kappa shape index (κ2) is 9.95. The van der Waals surface area contributed by atoms with Crippen molar-refractivity contribution in [3.05, 3.63) is 35.9 Å². The molecule has 132 valence electrons. The van der Waals surface area contributed by atoms with Gasteiger partial charge in [0.25, 0.3) is 0 Å². The highest BCUT2D eigenvalue weighted by Gasteiger charge is 2.13. The van der Waals surface area contributed by atoms with Gasteiger partial charge in [0, 0.05) is 5.41 Å². The van der Waals surface area contributed by atoms with Gasteiger partial charge in [-0.2, -0.15) is 0 Å². The van der Waals surface area contributed by atoms with E-state index in [2.05, 4.69) is 37.0 Å². The van der Waals surface area contributed by atoms with Crippen molar-refractivity contribution < 1.29 is 4.74 Å². The van der Waals surface area contributed by atoms with E-state index in [1.54, 1.807) is 0 Å². The maximum atomic E-state index is 5.89. The molecule has 0 amide bonds. The Hall–Kier alpha value is -1.19. The molecule has 0 unspecified atom stereocenters. The van der Waals surface area contributed by atoms with E-state index in [0.717, 1.165) is 0 Å². The Morgan fingerprint density at radius 3 is 2.00 bits per heavy atom. The first-order valence-electron chi connectivity index (χ1n) is 8.17. The van der Waals surface area contributed by atoms with E-state index in [1.807, 2.05) is 58.0 Å². The number of terminal acetylenes is 1. The molecule has 0 fully saturated rings. The first kappa shape index (κ1) is 22.8. The number of benzene rings is 1. The molecule has 24 heavy (non-hydrogen) atoms. The standard InChI is InChI=1S/C13H16O.C8H15ClSi/c1-4-13(2,3)11-14-10-12-8-6-5-7-9-12;1-8(2,9)6-7-10(3,4)5/h1,5-9H,10-11H2,2-3H3;1-5H3. The Bertz CT molecular complexity index is 557. The summed E-state index contributed by atoms with van der Waals surface area (Å²) in [5.74, 6) is 5.74. The van der Waals surface area contributed by atoms with Crippen molar-refractivity contribution in [2.75, 3.05) is 6.61 Å². The van der Waals surface area contributed by atoms with Crippen LogP contribution >= 0.6 is 11.6 Å². The van der Waals surface area contributed by atoms with Gasteiger partial charge in [-0.05, 0) is 33.3 Å². The Balaban J connectivity index is 0.000000470. The molecule has 0 saturated carbocycles. The summed E-state index contributed by atoms with van der Waals surface area (Å²) < 4.78 is 5.53. The third kappa shape index (κ3) is 14.4. The molecule has 0 bridgehead atoms. The zero-order chi connectivity index (χ0) is 18.9. The minimum atomic E-state index is -1.21. The minimum Gasteiger partial charge on any atom is -0.375 e. The maximum absolute atomic E-state index is 5.89. The van der Waals surface area contributed by atoms with Gasteiger partial charge in [0.15, 0.2) is 0 Å². The van der Waals surface area contributed by atoms with Crippen molar-refractivity contribution in [1.82, 2.24) is 0 Å². The predicted molar refractivity (Wildman–Crippen MR) is 110 cm³/mol. The van der Waals surface area contributed by atoms with E-state index < -0.39 is 8.07 Å². The van der Waals surface area contributed by atoms with Crippen LogP contribution in [0.2, 0.25) is 19.6 Å². The highest BCUT2D eigenvalue weighted by Crippen LogP contribution is 2.14. The quantitative estimate of drug-likeness (QED) is 0.376. The van der Waals surface area contributed by atoms with Crippen molar-refractivity contribution in [2.24, 2.45) is 5.41 Å². The van der Waals surface area contributed by atoms with E-state index in [9.17, 15) is 0 Å². The average molecular weight is 363 g/mol. The summed E-state index contributed by atoms with van der Waals surface area (Å²) in [5, 5.41) is 0. The molecule has 1 rings (SSSR count). The van der Waals surface area contributed by atoms with Crippen LogP contribution in [0.25, 0.3) is 0 Å². The Kier molecular flexibility index (Phi) is 9.45. The summed E-state index contributed by atoms with van der Waals surface area (Å²) in [5.41, 5.74) is 4.23. The summed E-state index contributed by atoms with van der Waals surface area (Å²) in [4.78, 5) is -0.347. The molecule has 0 aliphatic carbocycles. The number of hydrogen-bond donors (Lipinski definition) is 0. The van der Waals surface area contributed by atoms with Crippen LogP contribution in [0.15, 0.2) is 30.3 Å². The molecular weight excluding hydrogens is 332 g/mol. The molecule has 1 aromatic carbocycles. The monoisotopic (exact) mass is 362 g/mol. The van der Waals surface area contributed by atoms with Gasteiger partial charge in [-0.25, -0.2) is 0 Å². The normalized spacial score (nSPS) is 11.5. The lowest BCUT2D eigenvalue weighted by Crippen LogP contribution is -2.18. The molecule has 1 aromatic rings. The van der Waals surface area contributed by atoms with E-state index in [4.69, 9.17) is 22.8 Å². The molecule has 0 atom stereocenters. The molecule has 0 radical (unpaired) electrons. The van der Waals surface area contributed by atoms with Gasteiger partial charge in [-0.3, -0.25) is 0 Å². The van der Waals surface area contributed by atoms with E-state index in [1.165, 1.54) is 5.56 Å². The fourth-order valence-electron chi connectivity index (χ4n) is 1.38. The lowest BCUT2D eigenvalue weighted by atomic mass is 9.97. The molecule has 0 N–H and O–H groups in total. The van der Waals surface area contributed by atoms with E-state index in [-0.39, 0.29) is 10.3 Å². The van der Waals surface area contributed by atoms with Crippen LogP contribution in [0.1, 0.15) is 33.3 Å². The Labute approximate surface area is 155 Å². The highest BCUT2D eigenvalue weighted by molar-refractivity contribution is 6.83. The van der Waals surface area contributed by atoms with Crippen LogP contribution in [0, 0.1) is 29.2 Å². The van der Waals surface area contributed by atoms with Gasteiger partial charge in [0.05, 0.1) is 18.1 Å². The summed E-state index contributed by atoms with van der Waals surface area (Å²) in [7, 11) is -1.21. The van der Waals surface area contributed by atoms with Crippen LogP contribution in [-0.4, -0.2) is 19.6 Å². The molecule has 0 aliphatic rings. The number of rotatable bonds is 4. The molecule has 0 heterocycles. The number of halogens is 1. The smallest absolute Gasteiger partial charge is 0.129 e. The minimum absolute atomic E-state index is 0.172. The number of ether oxygens (including phenoxy) is 1. The SMILES string of the molecule is C#CC(C)(C)COCc1ccccc1.CC(C)(Cl)C#C[Si](C)(C)C. The van der Waals surface area contributed by atoms with Gasteiger partial charge in [-0.15, -0.1) is 23.6 Å². The second-order valence-electron chi connectivity index (χ2n) is 7.98. The summed E-state index contributed by atoms with van der Waals surface area (Å²) >= 11 is 5.89. The molecule has 0 aliphatic heterocycles. The Morgan fingerprint density at radius 2 is 1.62 bits per heavy atom.